The lowest BCUT2D eigenvalue weighted by atomic mass is 9.88. The van der Waals surface area contributed by atoms with E-state index in [0.717, 1.165) is 55.0 Å². The molecule has 0 aliphatic heterocycles. The number of para-hydroxylation sites is 2. The lowest BCUT2D eigenvalue weighted by Crippen LogP contribution is -1.93. The molecule has 0 fully saturated rings. The second-order valence-corrected chi connectivity index (χ2v) is 13.0. The fourth-order valence-corrected chi connectivity index (χ4v) is 8.33. The second kappa shape index (κ2) is 9.87. The van der Waals surface area contributed by atoms with E-state index in [1.807, 2.05) is 17.4 Å². The first kappa shape index (κ1) is 25.5. The average Bonchev–Trinajstić information content (AvgIpc) is 3.68. The fraction of sp³-hybridized carbons (Fsp3) is 0. The zero-order valence-corrected chi connectivity index (χ0v) is 25.5. The third kappa shape index (κ3) is 3.79. The molecule has 214 valence electrons. The molecule has 3 heterocycles. The van der Waals surface area contributed by atoms with E-state index in [0.29, 0.717) is 0 Å². The summed E-state index contributed by atoms with van der Waals surface area (Å²) in [6.45, 7) is 0. The Hall–Kier alpha value is -5.77. The van der Waals surface area contributed by atoms with Crippen LogP contribution in [0.2, 0.25) is 0 Å². The van der Waals surface area contributed by atoms with Crippen molar-refractivity contribution in [2.75, 3.05) is 0 Å². The van der Waals surface area contributed by atoms with Crippen LogP contribution in [0.3, 0.4) is 0 Å². The van der Waals surface area contributed by atoms with Crippen molar-refractivity contribution in [2.45, 2.75) is 0 Å². The summed E-state index contributed by atoms with van der Waals surface area (Å²) >= 11 is 1.86. The summed E-state index contributed by atoms with van der Waals surface area (Å²) in [5.74, 6) is 0. The van der Waals surface area contributed by atoms with Crippen LogP contribution in [-0.2, 0) is 0 Å². The summed E-state index contributed by atoms with van der Waals surface area (Å²) in [5, 5.41) is 8.31. The molecule has 3 heteroatoms. The van der Waals surface area contributed by atoms with E-state index < -0.39 is 0 Å². The molecule has 3 aromatic heterocycles. The molecule has 10 rings (SSSR count). The first-order valence-corrected chi connectivity index (χ1v) is 16.4. The maximum Gasteiger partial charge on any atom is 0.136 e. The Bertz CT molecular complexity index is 2810. The minimum absolute atomic E-state index is 0.870. The van der Waals surface area contributed by atoms with Crippen molar-refractivity contribution in [2.24, 2.45) is 0 Å². The molecule has 0 saturated heterocycles. The van der Waals surface area contributed by atoms with E-state index >= 15 is 0 Å². The molecule has 0 bridgehead atoms. The van der Waals surface area contributed by atoms with Gasteiger partial charge in [0.15, 0.2) is 0 Å². The Labute approximate surface area is 268 Å². The third-order valence-electron chi connectivity index (χ3n) is 9.24. The second-order valence-electron chi connectivity index (χ2n) is 11.9. The van der Waals surface area contributed by atoms with Crippen LogP contribution < -0.4 is 0 Å². The number of aromatic nitrogens is 1. The Morgan fingerprint density at radius 1 is 0.413 bits per heavy atom. The van der Waals surface area contributed by atoms with Gasteiger partial charge >= 0.3 is 0 Å². The van der Waals surface area contributed by atoms with Crippen molar-refractivity contribution in [3.05, 3.63) is 152 Å². The van der Waals surface area contributed by atoms with Gasteiger partial charge in [0, 0.05) is 58.2 Å². The molecule has 0 amide bonds. The average molecular weight is 604 g/mol. The summed E-state index contributed by atoms with van der Waals surface area (Å²) in [5.41, 5.74) is 9.53. The Balaban J connectivity index is 1.31. The molecule has 0 atom stereocenters. The van der Waals surface area contributed by atoms with Crippen LogP contribution >= 0.6 is 11.3 Å². The minimum atomic E-state index is 0.870. The molecule has 2 nitrogen and oxygen atoms in total. The van der Waals surface area contributed by atoms with Crippen LogP contribution in [0, 0.1) is 0 Å². The van der Waals surface area contributed by atoms with E-state index in [-0.39, 0.29) is 0 Å². The van der Waals surface area contributed by atoms with E-state index in [4.69, 9.17) is 9.40 Å². The van der Waals surface area contributed by atoms with Crippen molar-refractivity contribution in [1.82, 2.24) is 4.98 Å². The van der Waals surface area contributed by atoms with E-state index in [2.05, 4.69) is 146 Å². The van der Waals surface area contributed by atoms with Crippen LogP contribution in [0.1, 0.15) is 0 Å². The molecule has 10 aromatic rings. The van der Waals surface area contributed by atoms with Crippen molar-refractivity contribution in [1.29, 1.82) is 0 Å². The summed E-state index contributed by atoms with van der Waals surface area (Å²) in [7, 11) is 0. The first-order chi connectivity index (χ1) is 22.8. The van der Waals surface area contributed by atoms with Gasteiger partial charge in [-0.15, -0.1) is 11.3 Å². The number of hydrogen-bond acceptors (Lipinski definition) is 3. The van der Waals surface area contributed by atoms with Gasteiger partial charge in [0.2, 0.25) is 0 Å². The summed E-state index contributed by atoms with van der Waals surface area (Å²) in [6, 6.07) is 54.2. The van der Waals surface area contributed by atoms with Gasteiger partial charge in [0.25, 0.3) is 0 Å². The van der Waals surface area contributed by atoms with Gasteiger partial charge in [-0.05, 0) is 53.1 Å². The van der Waals surface area contributed by atoms with Crippen LogP contribution in [-0.4, -0.2) is 4.98 Å². The number of fused-ring (bicyclic) bond motifs is 9. The van der Waals surface area contributed by atoms with Crippen molar-refractivity contribution >= 4 is 75.1 Å². The van der Waals surface area contributed by atoms with Crippen LogP contribution in [0.5, 0.6) is 0 Å². The standard InChI is InChI=1S/C43H25NOS/c1-2-11-26(12-3-1)43-34-25-37-42(33-17-5-8-19-36(33)45-37)40(41(34)32-16-4-7-18-35(32)44-43)29-14-10-13-27(23-29)28-21-22-31-30-15-6-9-20-38(30)46-39(31)24-28/h1-25H. The highest BCUT2D eigenvalue weighted by atomic mass is 32.1. The van der Waals surface area contributed by atoms with Crippen molar-refractivity contribution in [3.63, 3.8) is 0 Å². The van der Waals surface area contributed by atoms with Gasteiger partial charge in [-0.25, -0.2) is 4.98 Å². The molecule has 46 heavy (non-hydrogen) atoms. The molecule has 7 aromatic carbocycles. The third-order valence-corrected chi connectivity index (χ3v) is 10.4. The highest BCUT2D eigenvalue weighted by Crippen LogP contribution is 2.47. The molecular weight excluding hydrogens is 579 g/mol. The normalized spacial score (nSPS) is 11.9. The lowest BCUT2D eigenvalue weighted by Gasteiger charge is -2.16. The van der Waals surface area contributed by atoms with Gasteiger partial charge in [0.1, 0.15) is 11.2 Å². The first-order valence-electron chi connectivity index (χ1n) is 15.5. The smallest absolute Gasteiger partial charge is 0.136 e. The maximum absolute atomic E-state index is 6.59. The molecule has 0 aliphatic rings. The van der Waals surface area contributed by atoms with Gasteiger partial charge in [-0.1, -0.05) is 115 Å². The largest absolute Gasteiger partial charge is 0.456 e. The maximum atomic E-state index is 6.59. The monoisotopic (exact) mass is 603 g/mol. The molecule has 0 unspecified atom stereocenters. The quantitative estimate of drug-likeness (QED) is 0.188. The zero-order valence-electron chi connectivity index (χ0n) is 24.7. The zero-order chi connectivity index (χ0) is 30.2. The predicted octanol–water partition coefficient (Wildman–Crippen LogP) is 12.7. The molecule has 0 N–H and O–H groups in total. The number of benzene rings is 7. The molecule has 0 spiro atoms. The molecule has 0 saturated carbocycles. The number of thiophene rings is 1. The predicted molar refractivity (Wildman–Crippen MR) is 196 cm³/mol. The van der Waals surface area contributed by atoms with Gasteiger partial charge < -0.3 is 4.42 Å². The number of nitrogens with zero attached hydrogens (tertiary/aromatic N) is 1. The van der Waals surface area contributed by atoms with Crippen LogP contribution in [0.4, 0.5) is 0 Å². The number of rotatable bonds is 3. The fourth-order valence-electron chi connectivity index (χ4n) is 7.18. The highest BCUT2D eigenvalue weighted by Gasteiger charge is 2.22. The van der Waals surface area contributed by atoms with E-state index in [1.54, 1.807) is 0 Å². The number of furan rings is 1. The molecule has 0 radical (unpaired) electrons. The summed E-state index contributed by atoms with van der Waals surface area (Å²) in [4.78, 5) is 5.24. The Morgan fingerprint density at radius 3 is 2.02 bits per heavy atom. The topological polar surface area (TPSA) is 26.0 Å². The van der Waals surface area contributed by atoms with Gasteiger partial charge in [-0.2, -0.15) is 0 Å². The van der Waals surface area contributed by atoms with E-state index in [1.165, 1.54) is 42.2 Å². The molecular formula is C43H25NOS. The number of pyridine rings is 1. The lowest BCUT2D eigenvalue weighted by molar-refractivity contribution is 0.669. The van der Waals surface area contributed by atoms with Crippen LogP contribution in [0.25, 0.3) is 97.3 Å². The SMILES string of the molecule is c1ccc(-c2nc3ccccc3c3c(-c4cccc(-c5ccc6c(c5)sc5ccccc56)c4)c4c(cc23)oc2ccccc24)cc1. The summed E-state index contributed by atoms with van der Waals surface area (Å²) < 4.78 is 9.22. The Kier molecular flexibility index (Phi) is 5.48. The minimum Gasteiger partial charge on any atom is -0.456 e. The number of hydrogen-bond donors (Lipinski definition) is 0. The molecule has 0 aliphatic carbocycles. The highest BCUT2D eigenvalue weighted by molar-refractivity contribution is 7.25. The van der Waals surface area contributed by atoms with Gasteiger partial charge in [0.05, 0.1) is 11.2 Å². The van der Waals surface area contributed by atoms with E-state index in [9.17, 15) is 0 Å². The van der Waals surface area contributed by atoms with Crippen molar-refractivity contribution < 1.29 is 4.42 Å². The Morgan fingerprint density at radius 2 is 1.11 bits per heavy atom. The van der Waals surface area contributed by atoms with Crippen LogP contribution in [0.15, 0.2) is 156 Å². The van der Waals surface area contributed by atoms with Crippen molar-refractivity contribution in [3.8, 4) is 33.5 Å². The summed E-state index contributed by atoms with van der Waals surface area (Å²) in [6.07, 6.45) is 0. The van der Waals surface area contributed by atoms with Gasteiger partial charge in [-0.3, -0.25) is 0 Å².